The van der Waals surface area contributed by atoms with Crippen LogP contribution in [-0.2, 0) is 4.79 Å². The van der Waals surface area contributed by atoms with Crippen molar-refractivity contribution in [3.8, 4) is 0 Å². The van der Waals surface area contributed by atoms with Crippen LogP contribution in [0.25, 0.3) is 0 Å². The van der Waals surface area contributed by atoms with Gasteiger partial charge in [-0.15, -0.1) is 0 Å². The molecule has 0 amide bonds. The third-order valence-corrected chi connectivity index (χ3v) is 3.32. The predicted molar refractivity (Wildman–Crippen MR) is 70.6 cm³/mol. The molecule has 0 aliphatic rings. The number of benzene rings is 1. The molecule has 0 bridgehead atoms. The van der Waals surface area contributed by atoms with Crippen LogP contribution in [0.4, 0.5) is 0 Å². The van der Waals surface area contributed by atoms with Crippen molar-refractivity contribution in [1.82, 2.24) is 0 Å². The molecule has 0 aliphatic carbocycles. The molecule has 0 saturated heterocycles. The van der Waals surface area contributed by atoms with Gasteiger partial charge in [0.25, 0.3) is 0 Å². The molecule has 86 valence electrons. The molecule has 0 fully saturated rings. The average Bonchev–Trinajstić information content (AvgIpc) is 2.19. The van der Waals surface area contributed by atoms with Gasteiger partial charge in [-0.2, -0.15) is 0 Å². The summed E-state index contributed by atoms with van der Waals surface area (Å²) in [6.45, 7) is 11.9. The summed E-state index contributed by atoms with van der Waals surface area (Å²) in [6, 6.07) is 7.95. The second kappa shape index (κ2) is 4.88. The monoisotopic (exact) mass is 234 g/mol. The zero-order valence-corrected chi connectivity index (χ0v) is 11.1. The first-order chi connectivity index (χ1) is 7.30. The van der Waals surface area contributed by atoms with Gasteiger partial charge in [-0.1, -0.05) is 45.0 Å². The maximum Gasteiger partial charge on any atom is 0.220 e. The Morgan fingerprint density at radius 2 is 1.69 bits per heavy atom. The van der Waals surface area contributed by atoms with Crippen LogP contribution in [0.3, 0.4) is 0 Å². The van der Waals surface area contributed by atoms with E-state index in [9.17, 15) is 4.79 Å². The van der Waals surface area contributed by atoms with Crippen molar-refractivity contribution in [3.05, 3.63) is 42.0 Å². The SMILES string of the molecule is C=C(C(=O)Sc1ccc(C)cc1)C(C)(C)C. The fourth-order valence-corrected chi connectivity index (χ4v) is 2.00. The van der Waals surface area contributed by atoms with Crippen LogP contribution in [0.5, 0.6) is 0 Å². The molecule has 0 aromatic heterocycles. The molecule has 0 spiro atoms. The first-order valence-electron chi connectivity index (χ1n) is 5.29. The van der Waals surface area contributed by atoms with Gasteiger partial charge < -0.3 is 0 Å². The van der Waals surface area contributed by atoms with Gasteiger partial charge in [0.15, 0.2) is 0 Å². The Bertz CT molecular complexity index is 396. The van der Waals surface area contributed by atoms with E-state index in [1.54, 1.807) is 0 Å². The lowest BCUT2D eigenvalue weighted by Gasteiger charge is -2.19. The van der Waals surface area contributed by atoms with Crippen molar-refractivity contribution in [2.24, 2.45) is 5.41 Å². The molecule has 16 heavy (non-hydrogen) atoms. The van der Waals surface area contributed by atoms with Crippen molar-refractivity contribution in [3.63, 3.8) is 0 Å². The number of hydrogen-bond acceptors (Lipinski definition) is 2. The lowest BCUT2D eigenvalue weighted by atomic mass is 9.88. The summed E-state index contributed by atoms with van der Waals surface area (Å²) >= 11 is 1.25. The van der Waals surface area contributed by atoms with Crippen LogP contribution >= 0.6 is 11.8 Å². The fourth-order valence-electron chi connectivity index (χ4n) is 1.08. The Morgan fingerprint density at radius 3 is 2.12 bits per heavy atom. The van der Waals surface area contributed by atoms with Crippen molar-refractivity contribution >= 4 is 16.9 Å². The number of aryl methyl sites for hydroxylation is 1. The molecule has 1 nitrogen and oxygen atoms in total. The minimum atomic E-state index is -0.158. The minimum Gasteiger partial charge on any atom is -0.282 e. The van der Waals surface area contributed by atoms with E-state index in [-0.39, 0.29) is 10.5 Å². The molecule has 0 saturated carbocycles. The molecule has 2 heteroatoms. The summed E-state index contributed by atoms with van der Waals surface area (Å²) in [4.78, 5) is 12.9. The third-order valence-electron chi connectivity index (χ3n) is 2.38. The Morgan fingerprint density at radius 1 is 1.19 bits per heavy atom. The second-order valence-electron chi connectivity index (χ2n) is 4.93. The van der Waals surface area contributed by atoms with E-state index >= 15 is 0 Å². The van der Waals surface area contributed by atoms with Gasteiger partial charge in [-0.3, -0.25) is 4.79 Å². The number of hydrogen-bond donors (Lipinski definition) is 0. The van der Waals surface area contributed by atoms with Gasteiger partial charge in [0.05, 0.1) is 0 Å². The van der Waals surface area contributed by atoms with Crippen LogP contribution in [0.1, 0.15) is 26.3 Å². The molecular weight excluding hydrogens is 216 g/mol. The normalized spacial score (nSPS) is 11.2. The third kappa shape index (κ3) is 3.53. The summed E-state index contributed by atoms with van der Waals surface area (Å²) in [5.74, 6) is 0. The van der Waals surface area contributed by atoms with Crippen molar-refractivity contribution in [1.29, 1.82) is 0 Å². The molecular formula is C14H18OS. The summed E-state index contributed by atoms with van der Waals surface area (Å²) in [5.41, 5.74) is 1.71. The zero-order chi connectivity index (χ0) is 12.3. The predicted octanol–water partition coefficient (Wildman–Crippen LogP) is 4.22. The van der Waals surface area contributed by atoms with E-state index < -0.39 is 0 Å². The number of thioether (sulfide) groups is 1. The van der Waals surface area contributed by atoms with Crippen LogP contribution in [0.2, 0.25) is 0 Å². The van der Waals surface area contributed by atoms with Crippen molar-refractivity contribution in [2.45, 2.75) is 32.6 Å². The highest BCUT2D eigenvalue weighted by atomic mass is 32.2. The van der Waals surface area contributed by atoms with E-state index in [0.717, 1.165) is 4.90 Å². The second-order valence-corrected chi connectivity index (χ2v) is 5.98. The topological polar surface area (TPSA) is 17.1 Å². The maximum absolute atomic E-state index is 11.9. The summed E-state index contributed by atoms with van der Waals surface area (Å²) in [7, 11) is 0. The molecule has 0 N–H and O–H groups in total. The summed E-state index contributed by atoms with van der Waals surface area (Å²) in [6.07, 6.45) is 0. The minimum absolute atomic E-state index is 0.0522. The quantitative estimate of drug-likeness (QED) is 0.563. The smallest absolute Gasteiger partial charge is 0.220 e. The van der Waals surface area contributed by atoms with Crippen molar-refractivity contribution < 1.29 is 4.79 Å². The Hall–Kier alpha value is -1.02. The van der Waals surface area contributed by atoms with E-state index in [2.05, 4.69) is 6.58 Å². The van der Waals surface area contributed by atoms with Crippen molar-refractivity contribution in [2.75, 3.05) is 0 Å². The van der Waals surface area contributed by atoms with Gasteiger partial charge in [0.2, 0.25) is 5.12 Å². The Kier molecular flexibility index (Phi) is 3.98. The highest BCUT2D eigenvalue weighted by molar-refractivity contribution is 8.14. The van der Waals surface area contributed by atoms with E-state index in [4.69, 9.17) is 0 Å². The Labute approximate surface area is 102 Å². The van der Waals surface area contributed by atoms with Crippen LogP contribution < -0.4 is 0 Å². The molecule has 1 rings (SSSR count). The first kappa shape index (κ1) is 13.0. The summed E-state index contributed by atoms with van der Waals surface area (Å²) in [5, 5.41) is 0.0522. The average molecular weight is 234 g/mol. The van der Waals surface area contributed by atoms with Crippen LogP contribution in [0, 0.1) is 12.3 Å². The number of carbonyl (C=O) groups excluding carboxylic acids is 1. The molecule has 1 aromatic rings. The van der Waals surface area contributed by atoms with Gasteiger partial charge in [-0.05, 0) is 36.2 Å². The molecule has 0 atom stereocenters. The van der Waals surface area contributed by atoms with Crippen LogP contribution in [0.15, 0.2) is 41.3 Å². The van der Waals surface area contributed by atoms with E-state index in [1.165, 1.54) is 17.3 Å². The van der Waals surface area contributed by atoms with E-state index in [0.29, 0.717) is 5.57 Å². The maximum atomic E-state index is 11.9. The largest absolute Gasteiger partial charge is 0.282 e. The number of rotatable bonds is 2. The Balaban J connectivity index is 2.72. The van der Waals surface area contributed by atoms with Gasteiger partial charge in [0.1, 0.15) is 0 Å². The molecule has 0 radical (unpaired) electrons. The molecule has 0 heterocycles. The van der Waals surface area contributed by atoms with E-state index in [1.807, 2.05) is 52.0 Å². The fraction of sp³-hybridized carbons (Fsp3) is 0.357. The van der Waals surface area contributed by atoms with Gasteiger partial charge in [0, 0.05) is 10.5 Å². The molecule has 1 aromatic carbocycles. The number of carbonyl (C=O) groups is 1. The molecule has 0 aliphatic heterocycles. The molecule has 0 unspecified atom stereocenters. The lowest BCUT2D eigenvalue weighted by molar-refractivity contribution is -0.108. The highest BCUT2D eigenvalue weighted by Gasteiger charge is 2.22. The zero-order valence-electron chi connectivity index (χ0n) is 10.3. The highest BCUT2D eigenvalue weighted by Crippen LogP contribution is 2.31. The van der Waals surface area contributed by atoms with Gasteiger partial charge >= 0.3 is 0 Å². The standard InChI is InChI=1S/C14H18OS/c1-10-6-8-12(9-7-10)16-13(15)11(2)14(3,4)5/h6-9H,2H2,1,3-5H3. The van der Waals surface area contributed by atoms with Crippen LogP contribution in [-0.4, -0.2) is 5.12 Å². The lowest BCUT2D eigenvalue weighted by Crippen LogP contribution is -2.14. The summed E-state index contributed by atoms with van der Waals surface area (Å²) < 4.78 is 0. The van der Waals surface area contributed by atoms with Gasteiger partial charge in [-0.25, -0.2) is 0 Å². The first-order valence-corrected chi connectivity index (χ1v) is 6.10.